The van der Waals surface area contributed by atoms with Gasteiger partial charge in [-0.05, 0) is 12.1 Å². The molecule has 0 saturated heterocycles. The molecule has 3 nitrogen and oxygen atoms in total. The number of para-hydroxylation sites is 2. The van der Waals surface area contributed by atoms with Gasteiger partial charge in [-0.2, -0.15) is 0 Å². The molecule has 0 amide bonds. The fourth-order valence-corrected chi connectivity index (χ4v) is 1.86. The van der Waals surface area contributed by atoms with Crippen LogP contribution in [0.15, 0.2) is 48.5 Å². The van der Waals surface area contributed by atoms with E-state index < -0.39 is 6.41 Å². The van der Waals surface area contributed by atoms with Crippen LogP contribution in [0.5, 0.6) is 11.5 Å². The van der Waals surface area contributed by atoms with Crippen molar-refractivity contribution in [1.29, 1.82) is 0 Å². The van der Waals surface area contributed by atoms with Gasteiger partial charge in [0.1, 0.15) is 11.5 Å². The third kappa shape index (κ3) is 1.42. The fraction of sp³-hybridized carbons (Fsp3) is 0.0769. The second-order valence-electron chi connectivity index (χ2n) is 3.60. The van der Waals surface area contributed by atoms with Gasteiger partial charge in [0.15, 0.2) is 0 Å². The van der Waals surface area contributed by atoms with E-state index >= 15 is 0 Å². The summed E-state index contributed by atoms with van der Waals surface area (Å²) in [5, 5.41) is 0. The average Bonchev–Trinajstić information content (AvgIpc) is 2.44. The van der Waals surface area contributed by atoms with E-state index in [0.717, 1.165) is 22.6 Å². The van der Waals surface area contributed by atoms with Gasteiger partial charge in [-0.1, -0.05) is 36.4 Å². The number of rotatable bonds is 0. The first-order valence-electron chi connectivity index (χ1n) is 5.12. The Morgan fingerprint density at radius 3 is 1.69 bits per heavy atom. The molecule has 0 aromatic heterocycles. The molecule has 16 heavy (non-hydrogen) atoms. The van der Waals surface area contributed by atoms with Crippen LogP contribution in [0.25, 0.3) is 11.1 Å². The van der Waals surface area contributed by atoms with Crippen LogP contribution in [0.3, 0.4) is 0 Å². The summed E-state index contributed by atoms with van der Waals surface area (Å²) >= 11 is 0. The predicted octanol–water partition coefficient (Wildman–Crippen LogP) is 2.37. The molecule has 2 N–H and O–H groups in total. The Balaban J connectivity index is 2.26. The second-order valence-corrected chi connectivity index (χ2v) is 3.60. The standard InChI is InChI=1S/C13H11NO2/c14-13-15-11-7-3-1-5-9(11)10-6-2-4-8-12(10)16-13/h1-8,13H,14H2. The summed E-state index contributed by atoms with van der Waals surface area (Å²) in [5.74, 6) is 1.50. The van der Waals surface area contributed by atoms with Gasteiger partial charge >= 0.3 is 0 Å². The molecule has 0 radical (unpaired) electrons. The van der Waals surface area contributed by atoms with Crippen LogP contribution in [0, 0.1) is 0 Å². The van der Waals surface area contributed by atoms with Crippen molar-refractivity contribution in [2.45, 2.75) is 6.41 Å². The lowest BCUT2D eigenvalue weighted by molar-refractivity contribution is 0.0155. The minimum absolute atomic E-state index is 0.750. The molecule has 3 rings (SSSR count). The van der Waals surface area contributed by atoms with E-state index in [9.17, 15) is 0 Å². The molecule has 1 aliphatic heterocycles. The molecular weight excluding hydrogens is 202 g/mol. The molecule has 3 heteroatoms. The molecule has 80 valence electrons. The maximum atomic E-state index is 5.72. The number of nitrogens with two attached hydrogens (primary N) is 1. The van der Waals surface area contributed by atoms with E-state index in [1.807, 2.05) is 48.5 Å². The Morgan fingerprint density at radius 2 is 1.19 bits per heavy atom. The van der Waals surface area contributed by atoms with Crippen LogP contribution in [-0.4, -0.2) is 6.41 Å². The maximum absolute atomic E-state index is 5.72. The molecule has 0 fully saturated rings. The van der Waals surface area contributed by atoms with Gasteiger partial charge in [-0.25, -0.2) is 0 Å². The Bertz CT molecular complexity index is 477. The second kappa shape index (κ2) is 3.54. The van der Waals surface area contributed by atoms with Crippen molar-refractivity contribution < 1.29 is 9.47 Å². The number of benzene rings is 2. The molecule has 0 bridgehead atoms. The first-order valence-corrected chi connectivity index (χ1v) is 5.12. The van der Waals surface area contributed by atoms with Gasteiger partial charge in [0, 0.05) is 11.1 Å². The summed E-state index contributed by atoms with van der Waals surface area (Å²) in [6, 6.07) is 15.5. The van der Waals surface area contributed by atoms with Crippen LogP contribution in [0.4, 0.5) is 0 Å². The topological polar surface area (TPSA) is 44.5 Å². The van der Waals surface area contributed by atoms with Gasteiger partial charge in [0.05, 0.1) is 0 Å². The van der Waals surface area contributed by atoms with Crippen LogP contribution < -0.4 is 15.2 Å². The van der Waals surface area contributed by atoms with E-state index in [1.54, 1.807) is 0 Å². The van der Waals surface area contributed by atoms with Gasteiger partial charge in [0.2, 0.25) is 0 Å². The van der Waals surface area contributed by atoms with E-state index in [4.69, 9.17) is 15.2 Å². The minimum atomic E-state index is -0.759. The van der Waals surface area contributed by atoms with E-state index in [2.05, 4.69) is 0 Å². The van der Waals surface area contributed by atoms with Crippen LogP contribution in [-0.2, 0) is 0 Å². The minimum Gasteiger partial charge on any atom is -0.441 e. The van der Waals surface area contributed by atoms with Crippen molar-refractivity contribution in [2.24, 2.45) is 5.73 Å². The molecule has 1 heterocycles. The third-order valence-electron chi connectivity index (χ3n) is 2.55. The van der Waals surface area contributed by atoms with E-state index in [1.165, 1.54) is 0 Å². The van der Waals surface area contributed by atoms with E-state index in [0.29, 0.717) is 0 Å². The highest BCUT2D eigenvalue weighted by molar-refractivity contribution is 5.76. The summed E-state index contributed by atoms with van der Waals surface area (Å²) in [4.78, 5) is 0. The van der Waals surface area contributed by atoms with Gasteiger partial charge in [-0.3, -0.25) is 5.73 Å². The van der Waals surface area contributed by atoms with E-state index in [-0.39, 0.29) is 0 Å². The number of ether oxygens (including phenoxy) is 2. The van der Waals surface area contributed by atoms with Crippen molar-refractivity contribution in [1.82, 2.24) is 0 Å². The summed E-state index contributed by atoms with van der Waals surface area (Å²) in [5.41, 5.74) is 7.73. The van der Waals surface area contributed by atoms with Crippen molar-refractivity contribution in [2.75, 3.05) is 0 Å². The Morgan fingerprint density at radius 1 is 0.750 bits per heavy atom. The lowest BCUT2D eigenvalue weighted by atomic mass is 10.0. The maximum Gasteiger partial charge on any atom is 0.299 e. The largest absolute Gasteiger partial charge is 0.441 e. The van der Waals surface area contributed by atoms with Crippen molar-refractivity contribution in [3.8, 4) is 22.6 Å². The molecular formula is C13H11NO2. The Hall–Kier alpha value is -2.00. The first kappa shape index (κ1) is 9.24. The molecule has 1 aliphatic rings. The van der Waals surface area contributed by atoms with Gasteiger partial charge < -0.3 is 9.47 Å². The predicted molar refractivity (Wildman–Crippen MR) is 61.1 cm³/mol. The summed E-state index contributed by atoms with van der Waals surface area (Å²) < 4.78 is 11.0. The zero-order valence-corrected chi connectivity index (χ0v) is 8.59. The summed E-state index contributed by atoms with van der Waals surface area (Å²) in [6.07, 6.45) is -0.759. The third-order valence-corrected chi connectivity index (χ3v) is 2.55. The summed E-state index contributed by atoms with van der Waals surface area (Å²) in [7, 11) is 0. The monoisotopic (exact) mass is 213 g/mol. The van der Waals surface area contributed by atoms with Crippen molar-refractivity contribution in [3.63, 3.8) is 0 Å². The molecule has 2 aromatic rings. The first-order chi connectivity index (χ1) is 7.84. The van der Waals surface area contributed by atoms with Crippen LogP contribution in [0.2, 0.25) is 0 Å². The number of hydrogen-bond acceptors (Lipinski definition) is 3. The zero-order valence-electron chi connectivity index (χ0n) is 8.59. The lowest BCUT2D eigenvalue weighted by Gasteiger charge is -2.12. The zero-order chi connectivity index (χ0) is 11.0. The molecule has 0 saturated carbocycles. The molecule has 2 aromatic carbocycles. The Labute approximate surface area is 93.4 Å². The molecule has 0 unspecified atom stereocenters. The Kier molecular flexibility index (Phi) is 2.04. The van der Waals surface area contributed by atoms with Crippen LogP contribution in [0.1, 0.15) is 0 Å². The SMILES string of the molecule is NC1Oc2ccccc2-c2ccccc2O1. The highest BCUT2D eigenvalue weighted by Crippen LogP contribution is 2.38. The molecule has 0 aliphatic carbocycles. The smallest absolute Gasteiger partial charge is 0.299 e. The molecule has 0 spiro atoms. The summed E-state index contributed by atoms with van der Waals surface area (Å²) in [6.45, 7) is 0. The number of hydrogen-bond donors (Lipinski definition) is 1. The average molecular weight is 213 g/mol. The number of fused-ring (bicyclic) bond motifs is 3. The normalized spacial score (nSPS) is 14.1. The van der Waals surface area contributed by atoms with Gasteiger partial charge in [0.25, 0.3) is 6.41 Å². The quantitative estimate of drug-likeness (QED) is 0.730. The van der Waals surface area contributed by atoms with Crippen LogP contribution >= 0.6 is 0 Å². The fourth-order valence-electron chi connectivity index (χ4n) is 1.86. The highest BCUT2D eigenvalue weighted by Gasteiger charge is 2.19. The van der Waals surface area contributed by atoms with Crippen molar-refractivity contribution in [3.05, 3.63) is 48.5 Å². The lowest BCUT2D eigenvalue weighted by Crippen LogP contribution is -2.32. The highest BCUT2D eigenvalue weighted by atomic mass is 16.7. The van der Waals surface area contributed by atoms with Gasteiger partial charge in [-0.15, -0.1) is 0 Å². The molecule has 0 atom stereocenters. The van der Waals surface area contributed by atoms with Crippen molar-refractivity contribution >= 4 is 0 Å².